The maximum atomic E-state index is 11.3. The van der Waals surface area contributed by atoms with Gasteiger partial charge in [0.1, 0.15) is 11.8 Å². The van der Waals surface area contributed by atoms with Crippen LogP contribution < -0.4 is 11.5 Å². The molecule has 0 amide bonds. The number of nitriles is 1. The molecule has 0 spiro atoms. The first-order chi connectivity index (χ1) is 9.81. The Hall–Kier alpha value is -2.89. The second kappa shape index (κ2) is 6.04. The molecule has 112 valence electrons. The highest BCUT2D eigenvalue weighted by molar-refractivity contribution is 5.88. The van der Waals surface area contributed by atoms with Crippen LogP contribution in [0.15, 0.2) is 0 Å². The molecule has 0 heterocycles. The summed E-state index contributed by atoms with van der Waals surface area (Å²) in [6, 6.07) is 1.74. The largest absolute Gasteiger partial charge is 0.392 e. The number of nitrogen functional groups attached to an aromatic ring is 2. The lowest BCUT2D eigenvalue weighted by Gasteiger charge is -2.17. The molecular formula is C12H15N5O4. The van der Waals surface area contributed by atoms with Gasteiger partial charge in [0.15, 0.2) is 5.69 Å². The van der Waals surface area contributed by atoms with Crippen molar-refractivity contribution in [3.63, 3.8) is 0 Å². The summed E-state index contributed by atoms with van der Waals surface area (Å²) in [6.07, 6.45) is 1.03. The molecule has 1 aromatic rings. The van der Waals surface area contributed by atoms with E-state index in [1.54, 1.807) is 19.9 Å². The van der Waals surface area contributed by atoms with Gasteiger partial charge in [-0.1, -0.05) is 13.8 Å². The molecule has 0 aromatic heterocycles. The number of nitro benzene ring substituents is 2. The standard InChI is InChI=1S/C12H15N5O4/c1-3-6(4-2)8-7(5-13)9(14)12(17(20)21)10(15)11(8)16(18)19/h6H,3-4,14-15H2,1-2H3. The van der Waals surface area contributed by atoms with Gasteiger partial charge in [0.05, 0.1) is 21.0 Å². The van der Waals surface area contributed by atoms with Gasteiger partial charge < -0.3 is 11.5 Å². The van der Waals surface area contributed by atoms with Crippen molar-refractivity contribution in [2.75, 3.05) is 11.5 Å². The molecule has 0 saturated carbocycles. The highest BCUT2D eigenvalue weighted by atomic mass is 16.6. The lowest BCUT2D eigenvalue weighted by molar-refractivity contribution is -0.392. The number of nitrogens with zero attached hydrogens (tertiary/aromatic N) is 3. The summed E-state index contributed by atoms with van der Waals surface area (Å²) in [4.78, 5) is 20.6. The predicted molar refractivity (Wildman–Crippen MR) is 76.6 cm³/mol. The van der Waals surface area contributed by atoms with Gasteiger partial charge in [-0.2, -0.15) is 5.26 Å². The maximum Gasteiger partial charge on any atom is 0.323 e. The minimum atomic E-state index is -0.908. The number of benzene rings is 1. The third-order valence-corrected chi connectivity index (χ3v) is 3.43. The molecule has 1 aromatic carbocycles. The van der Waals surface area contributed by atoms with Crippen molar-refractivity contribution >= 4 is 22.7 Å². The smallest absolute Gasteiger partial charge is 0.323 e. The van der Waals surface area contributed by atoms with Crippen molar-refractivity contribution in [1.29, 1.82) is 5.26 Å². The third kappa shape index (κ3) is 2.55. The number of hydrogen-bond donors (Lipinski definition) is 2. The molecule has 0 saturated heterocycles. The Labute approximate surface area is 120 Å². The first kappa shape index (κ1) is 16.2. The summed E-state index contributed by atoms with van der Waals surface area (Å²) in [6.45, 7) is 3.60. The zero-order chi connectivity index (χ0) is 16.3. The molecule has 0 aliphatic carbocycles. The highest BCUT2D eigenvalue weighted by Gasteiger charge is 2.36. The predicted octanol–water partition coefficient (Wildman–Crippen LogP) is 2.44. The topological polar surface area (TPSA) is 162 Å². The van der Waals surface area contributed by atoms with E-state index in [1.807, 2.05) is 0 Å². The summed E-state index contributed by atoms with van der Waals surface area (Å²) in [5.74, 6) is -0.328. The van der Waals surface area contributed by atoms with Crippen molar-refractivity contribution in [3.05, 3.63) is 31.4 Å². The van der Waals surface area contributed by atoms with E-state index in [2.05, 4.69) is 0 Å². The Morgan fingerprint density at radius 2 is 1.57 bits per heavy atom. The van der Waals surface area contributed by atoms with Gasteiger partial charge in [-0.3, -0.25) is 20.2 Å². The fraction of sp³-hybridized carbons (Fsp3) is 0.417. The summed E-state index contributed by atoms with van der Waals surface area (Å²) in [7, 11) is 0. The minimum absolute atomic E-state index is 0.0769. The molecule has 0 aliphatic heterocycles. The van der Waals surface area contributed by atoms with Crippen molar-refractivity contribution < 1.29 is 9.85 Å². The van der Waals surface area contributed by atoms with E-state index in [0.29, 0.717) is 12.8 Å². The lowest BCUT2D eigenvalue weighted by Crippen LogP contribution is -2.12. The van der Waals surface area contributed by atoms with Crippen LogP contribution in [0.2, 0.25) is 0 Å². The quantitative estimate of drug-likeness (QED) is 0.478. The van der Waals surface area contributed by atoms with E-state index < -0.39 is 32.6 Å². The summed E-state index contributed by atoms with van der Waals surface area (Å²) in [5.41, 5.74) is 8.66. The van der Waals surface area contributed by atoms with Crippen LogP contribution in [-0.2, 0) is 0 Å². The van der Waals surface area contributed by atoms with E-state index in [1.165, 1.54) is 0 Å². The summed E-state index contributed by atoms with van der Waals surface area (Å²) >= 11 is 0. The number of nitrogens with two attached hydrogens (primary N) is 2. The van der Waals surface area contributed by atoms with Crippen molar-refractivity contribution in [2.45, 2.75) is 32.6 Å². The molecule has 0 unspecified atom stereocenters. The summed E-state index contributed by atoms with van der Waals surface area (Å²) in [5, 5.41) is 31.5. The van der Waals surface area contributed by atoms with E-state index in [4.69, 9.17) is 11.5 Å². The first-order valence-corrected chi connectivity index (χ1v) is 6.25. The molecule has 0 aliphatic rings. The molecule has 0 radical (unpaired) electrons. The van der Waals surface area contributed by atoms with Gasteiger partial charge >= 0.3 is 11.4 Å². The number of nitro groups is 2. The van der Waals surface area contributed by atoms with Crippen LogP contribution in [0.4, 0.5) is 22.7 Å². The normalized spacial score (nSPS) is 10.4. The van der Waals surface area contributed by atoms with Gasteiger partial charge in [-0.15, -0.1) is 0 Å². The Kier molecular flexibility index (Phi) is 4.65. The second-order valence-corrected chi connectivity index (χ2v) is 4.45. The SMILES string of the molecule is CCC(CC)c1c(C#N)c(N)c([N+](=O)[O-])c(N)c1[N+](=O)[O-]. The fourth-order valence-corrected chi connectivity index (χ4v) is 2.39. The van der Waals surface area contributed by atoms with E-state index in [0.717, 1.165) is 0 Å². The summed E-state index contributed by atoms with van der Waals surface area (Å²) < 4.78 is 0. The average molecular weight is 293 g/mol. The van der Waals surface area contributed by atoms with Crippen LogP contribution in [0.1, 0.15) is 43.7 Å². The van der Waals surface area contributed by atoms with E-state index >= 15 is 0 Å². The molecule has 0 bridgehead atoms. The van der Waals surface area contributed by atoms with Crippen molar-refractivity contribution in [2.24, 2.45) is 0 Å². The van der Waals surface area contributed by atoms with Crippen LogP contribution in [0.3, 0.4) is 0 Å². The molecule has 4 N–H and O–H groups in total. The van der Waals surface area contributed by atoms with Gasteiger partial charge in [0.25, 0.3) is 0 Å². The van der Waals surface area contributed by atoms with E-state index in [9.17, 15) is 25.5 Å². The number of rotatable bonds is 5. The van der Waals surface area contributed by atoms with Gasteiger partial charge in [0.2, 0.25) is 0 Å². The lowest BCUT2D eigenvalue weighted by atomic mass is 9.87. The monoisotopic (exact) mass is 293 g/mol. The number of hydrogen-bond acceptors (Lipinski definition) is 7. The zero-order valence-electron chi connectivity index (χ0n) is 11.6. The third-order valence-electron chi connectivity index (χ3n) is 3.43. The van der Waals surface area contributed by atoms with Gasteiger partial charge in [0, 0.05) is 0 Å². The highest BCUT2D eigenvalue weighted by Crippen LogP contribution is 2.46. The van der Waals surface area contributed by atoms with Crippen LogP contribution in [-0.4, -0.2) is 9.85 Å². The molecule has 9 heteroatoms. The minimum Gasteiger partial charge on any atom is -0.392 e. The molecule has 1 rings (SSSR count). The fourth-order valence-electron chi connectivity index (χ4n) is 2.39. The Morgan fingerprint density at radius 3 is 1.90 bits per heavy atom. The second-order valence-electron chi connectivity index (χ2n) is 4.45. The Bertz CT molecular complexity index is 646. The van der Waals surface area contributed by atoms with Crippen molar-refractivity contribution in [1.82, 2.24) is 0 Å². The van der Waals surface area contributed by atoms with E-state index in [-0.39, 0.29) is 17.0 Å². The van der Waals surface area contributed by atoms with Crippen LogP contribution in [0.25, 0.3) is 0 Å². The maximum absolute atomic E-state index is 11.3. The number of anilines is 2. The molecule has 21 heavy (non-hydrogen) atoms. The van der Waals surface area contributed by atoms with Crippen LogP contribution in [0.5, 0.6) is 0 Å². The van der Waals surface area contributed by atoms with Crippen LogP contribution >= 0.6 is 0 Å². The van der Waals surface area contributed by atoms with Gasteiger partial charge in [-0.05, 0) is 18.8 Å². The van der Waals surface area contributed by atoms with Crippen LogP contribution in [0, 0.1) is 31.6 Å². The molecular weight excluding hydrogens is 278 g/mol. The Morgan fingerprint density at radius 1 is 1.10 bits per heavy atom. The molecule has 9 nitrogen and oxygen atoms in total. The first-order valence-electron chi connectivity index (χ1n) is 6.25. The molecule has 0 atom stereocenters. The Balaban J connectivity index is 3.99. The van der Waals surface area contributed by atoms with Gasteiger partial charge in [-0.25, -0.2) is 0 Å². The average Bonchev–Trinajstić information content (AvgIpc) is 2.39. The zero-order valence-corrected chi connectivity index (χ0v) is 11.6. The molecule has 0 fully saturated rings. The van der Waals surface area contributed by atoms with Crippen molar-refractivity contribution in [3.8, 4) is 6.07 Å².